The summed E-state index contributed by atoms with van der Waals surface area (Å²) in [4.78, 5) is 0. The van der Waals surface area contributed by atoms with E-state index in [0.29, 0.717) is 18.5 Å². The molecule has 0 aliphatic heterocycles. The maximum atomic E-state index is 14.3. The lowest BCUT2D eigenvalue weighted by atomic mass is 9.68. The van der Waals surface area contributed by atoms with Gasteiger partial charge in [0, 0.05) is 18.5 Å². The number of fused-ring (bicyclic) bond motifs is 5. The number of halogens is 5. The Balaban J connectivity index is 1.74. The van der Waals surface area contributed by atoms with E-state index in [0.717, 1.165) is 22.0 Å². The highest BCUT2D eigenvalue weighted by Gasteiger charge is 2.64. The van der Waals surface area contributed by atoms with Gasteiger partial charge in [-0.25, -0.2) is 21.5 Å². The van der Waals surface area contributed by atoms with Gasteiger partial charge in [0.1, 0.15) is 11.6 Å². The fraction of sp³-hybridized carbons (Fsp3) is 0.565. The van der Waals surface area contributed by atoms with Crippen LogP contribution < -0.4 is 0 Å². The normalized spacial score (nSPS) is 23.5. The lowest BCUT2D eigenvalue weighted by molar-refractivity contribution is -0.130. The molecule has 186 valence electrons. The van der Waals surface area contributed by atoms with Crippen molar-refractivity contribution < 1.29 is 30.4 Å². The van der Waals surface area contributed by atoms with Gasteiger partial charge in [0.15, 0.2) is 0 Å². The van der Waals surface area contributed by atoms with E-state index in [1.807, 2.05) is 13.8 Å². The van der Waals surface area contributed by atoms with Crippen molar-refractivity contribution in [1.29, 1.82) is 0 Å². The average Bonchev–Trinajstić information content (AvgIpc) is 3.10. The minimum atomic E-state index is -4.58. The summed E-state index contributed by atoms with van der Waals surface area (Å²) in [5.41, 5.74) is -0.168. The van der Waals surface area contributed by atoms with E-state index in [1.54, 1.807) is 13.0 Å². The standard InChI is InChI=1S/C23H26F5N3O2S/c1-4-31(34(32,33)11-10-23(26,27)28)13-22-9-8-15(21(22,2)3)14-12-18(29-30-20(14)22)19-16(24)6-5-7-17(19)25/h5-7,12,15H,4,8-11,13H2,1-3H3/t15-,22?/m0/s1. The van der Waals surface area contributed by atoms with Crippen LogP contribution in [0.25, 0.3) is 11.3 Å². The van der Waals surface area contributed by atoms with Gasteiger partial charge in [-0.2, -0.15) is 23.4 Å². The van der Waals surface area contributed by atoms with Crippen molar-refractivity contribution in [2.24, 2.45) is 5.41 Å². The number of aromatic nitrogens is 2. The van der Waals surface area contributed by atoms with Crippen molar-refractivity contribution in [2.75, 3.05) is 18.8 Å². The van der Waals surface area contributed by atoms with Crippen LogP contribution in [-0.4, -0.2) is 47.9 Å². The molecule has 5 nitrogen and oxygen atoms in total. The molecule has 1 aromatic heterocycles. The largest absolute Gasteiger partial charge is 0.390 e. The van der Waals surface area contributed by atoms with E-state index in [-0.39, 0.29) is 30.3 Å². The third-order valence-electron chi connectivity index (χ3n) is 7.67. The van der Waals surface area contributed by atoms with Gasteiger partial charge in [0.05, 0.1) is 29.1 Å². The first kappa shape index (κ1) is 25.0. The topological polar surface area (TPSA) is 63.2 Å². The minimum absolute atomic E-state index is 0.0178. The summed E-state index contributed by atoms with van der Waals surface area (Å²) in [5, 5.41) is 8.43. The second-order valence-corrected chi connectivity index (χ2v) is 11.7. The molecule has 1 fully saturated rings. The van der Waals surface area contributed by atoms with Crippen LogP contribution in [0.15, 0.2) is 24.3 Å². The number of nitrogens with zero attached hydrogens (tertiary/aromatic N) is 3. The summed E-state index contributed by atoms with van der Waals surface area (Å²) in [6.07, 6.45) is -4.71. The van der Waals surface area contributed by atoms with Gasteiger partial charge < -0.3 is 0 Å². The van der Waals surface area contributed by atoms with E-state index in [9.17, 15) is 30.4 Å². The molecule has 0 saturated heterocycles. The van der Waals surface area contributed by atoms with Gasteiger partial charge in [-0.3, -0.25) is 0 Å². The van der Waals surface area contributed by atoms with Crippen molar-refractivity contribution in [3.8, 4) is 11.3 Å². The van der Waals surface area contributed by atoms with Gasteiger partial charge >= 0.3 is 6.18 Å². The molecule has 2 aliphatic carbocycles. The molecule has 11 heteroatoms. The van der Waals surface area contributed by atoms with Gasteiger partial charge in [-0.05, 0) is 47.9 Å². The highest BCUT2D eigenvalue weighted by Crippen LogP contribution is 2.67. The summed E-state index contributed by atoms with van der Waals surface area (Å²) in [5.74, 6) is -2.60. The highest BCUT2D eigenvalue weighted by atomic mass is 32.2. The molecular weight excluding hydrogens is 477 g/mol. The molecule has 34 heavy (non-hydrogen) atoms. The lowest BCUT2D eigenvalue weighted by Crippen LogP contribution is -2.49. The summed E-state index contributed by atoms with van der Waals surface area (Å²) >= 11 is 0. The zero-order chi connectivity index (χ0) is 25.1. The number of rotatable bonds is 7. The Hall–Kier alpha value is -2.14. The number of benzene rings is 1. The van der Waals surface area contributed by atoms with Gasteiger partial charge in [-0.15, -0.1) is 0 Å². The molecule has 0 radical (unpaired) electrons. The second-order valence-electron chi connectivity index (χ2n) is 9.63. The summed E-state index contributed by atoms with van der Waals surface area (Å²) in [7, 11) is -4.17. The predicted molar refractivity (Wildman–Crippen MR) is 117 cm³/mol. The molecule has 0 N–H and O–H groups in total. The number of likely N-dealkylation sites (N-methyl/N-ethyl adjacent to an activating group) is 1. The number of sulfonamides is 1. The molecule has 1 aromatic carbocycles. The third-order valence-corrected chi connectivity index (χ3v) is 9.57. The summed E-state index contributed by atoms with van der Waals surface area (Å²) in [6, 6.07) is 5.14. The van der Waals surface area contributed by atoms with Crippen LogP contribution in [0.5, 0.6) is 0 Å². The van der Waals surface area contributed by atoms with Gasteiger partial charge in [-0.1, -0.05) is 26.8 Å². The highest BCUT2D eigenvalue weighted by molar-refractivity contribution is 7.89. The zero-order valence-electron chi connectivity index (χ0n) is 19.1. The monoisotopic (exact) mass is 503 g/mol. The molecule has 0 amide bonds. The van der Waals surface area contributed by atoms with Crippen LogP contribution >= 0.6 is 0 Å². The first-order valence-corrected chi connectivity index (χ1v) is 12.7. The molecular formula is C23H26F5N3O2S. The minimum Gasteiger partial charge on any atom is -0.212 e. The second kappa shape index (κ2) is 8.22. The molecule has 1 heterocycles. The van der Waals surface area contributed by atoms with Gasteiger partial charge in [0.25, 0.3) is 0 Å². The lowest BCUT2D eigenvalue weighted by Gasteiger charge is -2.41. The fourth-order valence-electron chi connectivity index (χ4n) is 5.72. The fourth-order valence-corrected chi connectivity index (χ4v) is 7.28. The molecule has 1 unspecified atom stereocenters. The zero-order valence-corrected chi connectivity index (χ0v) is 19.9. The van der Waals surface area contributed by atoms with E-state index < -0.39 is 50.8 Å². The first-order valence-electron chi connectivity index (χ1n) is 11.1. The van der Waals surface area contributed by atoms with E-state index >= 15 is 0 Å². The molecule has 0 spiro atoms. The van der Waals surface area contributed by atoms with Crippen LogP contribution in [0.2, 0.25) is 0 Å². The van der Waals surface area contributed by atoms with Crippen molar-refractivity contribution in [3.05, 3.63) is 47.2 Å². The van der Waals surface area contributed by atoms with E-state index in [2.05, 4.69) is 10.2 Å². The maximum Gasteiger partial charge on any atom is 0.390 e. The van der Waals surface area contributed by atoms with Crippen molar-refractivity contribution in [1.82, 2.24) is 14.5 Å². The Morgan fingerprint density at radius 2 is 1.79 bits per heavy atom. The third kappa shape index (κ3) is 3.90. The van der Waals surface area contributed by atoms with E-state index in [1.165, 1.54) is 6.07 Å². The average molecular weight is 504 g/mol. The molecule has 2 bridgehead atoms. The molecule has 4 rings (SSSR count). The summed E-state index contributed by atoms with van der Waals surface area (Å²) < 4.78 is 93.5. The van der Waals surface area contributed by atoms with Crippen LogP contribution in [0, 0.1) is 17.0 Å². The maximum absolute atomic E-state index is 14.3. The van der Waals surface area contributed by atoms with Crippen molar-refractivity contribution in [2.45, 2.75) is 57.5 Å². The Bertz CT molecular complexity index is 1200. The Kier molecular flexibility index (Phi) is 6.04. The Morgan fingerprint density at radius 1 is 1.15 bits per heavy atom. The molecule has 1 saturated carbocycles. The molecule has 2 aromatic rings. The number of hydrogen-bond acceptors (Lipinski definition) is 4. The Labute approximate surface area is 195 Å². The quantitative estimate of drug-likeness (QED) is 0.489. The van der Waals surface area contributed by atoms with Crippen LogP contribution in [0.1, 0.15) is 57.2 Å². The Morgan fingerprint density at radius 3 is 2.38 bits per heavy atom. The summed E-state index contributed by atoms with van der Waals surface area (Å²) in [6.45, 7) is 5.54. The first-order chi connectivity index (χ1) is 15.7. The smallest absolute Gasteiger partial charge is 0.212 e. The van der Waals surface area contributed by atoms with Crippen LogP contribution in [0.4, 0.5) is 22.0 Å². The van der Waals surface area contributed by atoms with Crippen LogP contribution in [0.3, 0.4) is 0 Å². The van der Waals surface area contributed by atoms with Crippen molar-refractivity contribution >= 4 is 10.0 Å². The van der Waals surface area contributed by atoms with Gasteiger partial charge in [0.2, 0.25) is 10.0 Å². The number of hydrogen-bond donors (Lipinski definition) is 0. The van der Waals surface area contributed by atoms with Crippen molar-refractivity contribution in [3.63, 3.8) is 0 Å². The molecule has 2 atom stereocenters. The predicted octanol–water partition coefficient (Wildman–Crippen LogP) is 5.18. The SMILES string of the molecule is CCN(CC12CC[C@@H](c3cc(-c4c(F)cccc4F)nnc31)C2(C)C)S(=O)(=O)CCC(F)(F)F. The van der Waals surface area contributed by atoms with Crippen LogP contribution in [-0.2, 0) is 15.4 Å². The number of alkyl halides is 3. The van der Waals surface area contributed by atoms with E-state index in [4.69, 9.17) is 0 Å². The molecule has 2 aliphatic rings.